The summed E-state index contributed by atoms with van der Waals surface area (Å²) < 4.78 is 45.3. The van der Waals surface area contributed by atoms with Crippen LogP contribution in [0.5, 0.6) is 17.2 Å². The van der Waals surface area contributed by atoms with Crippen molar-refractivity contribution in [1.29, 1.82) is 0 Å². The van der Waals surface area contributed by atoms with E-state index in [1.807, 2.05) is 124 Å². The molecule has 3 aromatic rings. The molecule has 18 heteroatoms. The third kappa shape index (κ3) is 13.4. The Hall–Kier alpha value is -3.24. The molecule has 0 aromatic heterocycles. The molecule has 0 radical (unpaired) electrons. The summed E-state index contributed by atoms with van der Waals surface area (Å²) in [7, 11) is 3.35. The molecule has 3 aromatic carbocycles. The highest BCUT2D eigenvalue weighted by Crippen LogP contribution is 2.50. The van der Waals surface area contributed by atoms with Crippen LogP contribution in [0.25, 0.3) is 10.4 Å². The lowest BCUT2D eigenvalue weighted by Gasteiger charge is -2.34. The lowest BCUT2D eigenvalue weighted by molar-refractivity contribution is 0.0857. The summed E-state index contributed by atoms with van der Waals surface area (Å²) in [5.41, 5.74) is 10.6. The van der Waals surface area contributed by atoms with Crippen molar-refractivity contribution in [3.8, 4) is 17.2 Å². The maximum absolute atomic E-state index is 12.5. The fraction of sp³-hybridized carbons (Fsp3) is 0.474. The van der Waals surface area contributed by atoms with Crippen molar-refractivity contribution in [2.75, 3.05) is 28.3 Å². The molecule has 0 fully saturated rings. The monoisotopic (exact) mass is 863 g/mol. The Morgan fingerprint density at radius 2 is 1.12 bits per heavy atom. The third-order valence-corrected chi connectivity index (χ3v) is 19.4. The molecule has 56 heavy (non-hydrogen) atoms. The number of benzene rings is 3. The first-order valence-electron chi connectivity index (χ1n) is 18.3. The first kappa shape index (κ1) is 47.1. The van der Waals surface area contributed by atoms with E-state index in [4.69, 9.17) is 52.4 Å². The molecule has 13 nitrogen and oxygen atoms in total. The van der Waals surface area contributed by atoms with Gasteiger partial charge < -0.3 is 23.3 Å². The zero-order chi connectivity index (χ0) is 41.6. The van der Waals surface area contributed by atoms with Gasteiger partial charge in [0.25, 0.3) is 0 Å². The lowest BCUT2D eigenvalue weighted by Crippen LogP contribution is -2.30. The quantitative estimate of drug-likeness (QED) is 0.0226. The van der Waals surface area contributed by atoms with Gasteiger partial charge in [0, 0.05) is 33.2 Å². The zero-order valence-corrected chi connectivity index (χ0v) is 38.5. The maximum atomic E-state index is 12.5. The molecule has 5 atom stereocenters. The molecular weight excluding hydrogens is 808 g/mol. The molecule has 0 amide bonds. The summed E-state index contributed by atoms with van der Waals surface area (Å²) in [5.74, 6) is 1.98. The minimum atomic E-state index is -3.17. The fourth-order valence-corrected chi connectivity index (χ4v) is 10.6. The Morgan fingerprint density at radius 3 is 1.48 bits per heavy atom. The van der Waals surface area contributed by atoms with Crippen LogP contribution in [0.4, 0.5) is 0 Å². The number of ether oxygens (including phenoxy) is 3. The van der Waals surface area contributed by atoms with Crippen LogP contribution in [-0.4, -0.2) is 66.7 Å². The van der Waals surface area contributed by atoms with E-state index < -0.39 is 37.7 Å². The van der Waals surface area contributed by atoms with Crippen molar-refractivity contribution in [1.82, 2.24) is 9.56 Å². The molecule has 0 saturated heterocycles. The second-order valence-electron chi connectivity index (χ2n) is 13.7. The minimum absolute atomic E-state index is 0.170. The van der Waals surface area contributed by atoms with Gasteiger partial charge >= 0.3 is 7.60 Å². The fourth-order valence-electron chi connectivity index (χ4n) is 5.42. The van der Waals surface area contributed by atoms with Gasteiger partial charge in [-0.3, -0.25) is 14.1 Å². The lowest BCUT2D eigenvalue weighted by atomic mass is 10.1. The van der Waals surface area contributed by atoms with Crippen LogP contribution >= 0.6 is 21.3 Å². The van der Waals surface area contributed by atoms with Gasteiger partial charge in [-0.15, -0.1) is 0 Å². The van der Waals surface area contributed by atoms with E-state index in [1.54, 1.807) is 19.4 Å². The third-order valence-electron chi connectivity index (χ3n) is 9.21. The van der Waals surface area contributed by atoms with Crippen molar-refractivity contribution in [2.24, 2.45) is 15.3 Å². The topological polar surface area (TPSA) is 143 Å². The van der Waals surface area contributed by atoms with Crippen LogP contribution in [0.3, 0.4) is 0 Å². The van der Waals surface area contributed by atoms with E-state index >= 15 is 0 Å². The van der Waals surface area contributed by atoms with Crippen molar-refractivity contribution in [3.63, 3.8) is 0 Å². The van der Waals surface area contributed by atoms with E-state index in [1.165, 1.54) is 14.2 Å². The van der Waals surface area contributed by atoms with Crippen LogP contribution < -0.4 is 14.2 Å². The van der Waals surface area contributed by atoms with Gasteiger partial charge in [-0.05, 0) is 128 Å². The van der Waals surface area contributed by atoms with Crippen LogP contribution in [0.1, 0.15) is 83.9 Å². The molecule has 4 unspecified atom stereocenters. The van der Waals surface area contributed by atoms with E-state index in [2.05, 4.69) is 27.2 Å². The summed E-state index contributed by atoms with van der Waals surface area (Å²) >= 11 is 12.1. The predicted octanol–water partition coefficient (Wildman–Crippen LogP) is 11.0. The van der Waals surface area contributed by atoms with E-state index in [0.717, 1.165) is 23.1 Å². The molecule has 0 aliphatic carbocycles. The largest absolute Gasteiger partial charge is 0.481 e. The molecule has 0 saturated carbocycles. The van der Waals surface area contributed by atoms with Crippen molar-refractivity contribution >= 4 is 57.3 Å². The van der Waals surface area contributed by atoms with E-state index in [-0.39, 0.29) is 6.16 Å². The second-order valence-corrected chi connectivity index (χ2v) is 22.9. The van der Waals surface area contributed by atoms with Gasteiger partial charge in [-0.25, -0.2) is 0 Å². The summed E-state index contributed by atoms with van der Waals surface area (Å²) in [6.07, 6.45) is 6.52. The smallest absolute Gasteiger partial charge is 0.334 e. The van der Waals surface area contributed by atoms with Crippen LogP contribution in [-0.2, 0) is 43.4 Å². The number of hydrazone groups is 2. The second kappa shape index (κ2) is 21.5. The molecule has 0 heterocycles. The van der Waals surface area contributed by atoms with Gasteiger partial charge in [-0.1, -0.05) is 62.9 Å². The molecule has 3 rings (SSSR count). The first-order valence-corrected chi connectivity index (χ1v) is 25.2. The maximum Gasteiger partial charge on any atom is 0.334 e. The average molecular weight is 864 g/mol. The highest BCUT2D eigenvalue weighted by Gasteiger charge is 2.33. The highest BCUT2D eigenvalue weighted by atomic mass is 32.4. The van der Waals surface area contributed by atoms with Crippen LogP contribution in [0.15, 0.2) is 88.1 Å². The SMILES string of the molecule is CCC[C@](C)(N=[N+]=[N-])Oc1ccc(/C=N/N(C)[PH](=S)C(C)(CC)Oc2ccc(/C=N/N(C)[PH](=S)C(C)(CC)Oc3ccc(CP(=O)(OC)OC)cc3)cc2)cc1. The first-order chi connectivity index (χ1) is 26.5. The Labute approximate surface area is 343 Å². The molecule has 0 aliphatic rings. The van der Waals surface area contributed by atoms with Gasteiger partial charge in [0.15, 0.2) is 5.72 Å². The Morgan fingerprint density at radius 1 is 0.732 bits per heavy atom. The summed E-state index contributed by atoms with van der Waals surface area (Å²) in [6.45, 7) is 8.53. The molecule has 0 spiro atoms. The molecule has 0 N–H and O–H groups in total. The average Bonchev–Trinajstić information content (AvgIpc) is 3.20. The van der Waals surface area contributed by atoms with Gasteiger partial charge in [0.1, 0.15) is 27.9 Å². The minimum Gasteiger partial charge on any atom is -0.481 e. The number of hydrogen-bond acceptors (Lipinski definition) is 11. The van der Waals surface area contributed by atoms with Crippen LogP contribution in [0, 0.1) is 0 Å². The summed E-state index contributed by atoms with van der Waals surface area (Å²) in [4.78, 5) is 2.94. The Kier molecular flexibility index (Phi) is 18.1. The predicted molar refractivity (Wildman–Crippen MR) is 238 cm³/mol. The Bertz CT molecular complexity index is 1930. The molecule has 0 aliphatic heterocycles. The molecule has 0 bridgehead atoms. The number of azide groups is 1. The normalized spacial score (nSPS) is 16.2. The van der Waals surface area contributed by atoms with Gasteiger partial charge in [-0.2, -0.15) is 10.2 Å². The number of hydrogen-bond donors (Lipinski definition) is 0. The summed E-state index contributed by atoms with van der Waals surface area (Å²) in [5, 5.41) is 11.9. The van der Waals surface area contributed by atoms with E-state index in [9.17, 15) is 4.57 Å². The highest BCUT2D eigenvalue weighted by molar-refractivity contribution is 8.04. The Balaban J connectivity index is 1.61. The van der Waals surface area contributed by atoms with Crippen molar-refractivity contribution in [2.45, 2.75) is 89.8 Å². The van der Waals surface area contributed by atoms with Gasteiger partial charge in [0.2, 0.25) is 0 Å². The molecule has 306 valence electrons. The van der Waals surface area contributed by atoms with Gasteiger partial charge in [0.05, 0.1) is 32.3 Å². The van der Waals surface area contributed by atoms with Crippen LogP contribution in [0.2, 0.25) is 0 Å². The zero-order valence-electron chi connectivity index (χ0n) is 34.0. The number of rotatable bonds is 23. The van der Waals surface area contributed by atoms with Crippen molar-refractivity contribution in [3.05, 3.63) is 99.9 Å². The van der Waals surface area contributed by atoms with E-state index in [0.29, 0.717) is 36.5 Å². The number of nitrogens with zero attached hydrogens (tertiary/aromatic N) is 7. The standard InChI is InChI=1S/C38H56N7O6P3S2/c1-11-26-36(4,42-43-39)49-33-20-14-30(15-21-33)27-40-44(7)52(55)37(5,12-2)50-34-22-16-31(17-23-34)28-41-45(8)53(56)38(6,13-3)51-35-24-18-32(19-25-35)29-54(46,47-9)48-10/h14-25,27-28,52-53H,11-13,26,29H2,1-10H3/b40-27+,41-28+/t36-,37?,38?/m1/s1. The molecular formula is C38H56N7O6P3S2. The summed E-state index contributed by atoms with van der Waals surface area (Å²) in [6, 6.07) is 22.6. The van der Waals surface area contributed by atoms with Crippen molar-refractivity contribution < 1.29 is 27.8 Å².